The Labute approximate surface area is 149 Å². The molecular formula is C17H20N4O5. The summed E-state index contributed by atoms with van der Waals surface area (Å²) in [5.41, 5.74) is 0.947. The third-order valence-corrected chi connectivity index (χ3v) is 3.95. The normalized spacial score (nSPS) is 12.0. The number of hydrogen-bond acceptors (Lipinski definition) is 7. The number of ether oxygens (including phenoxy) is 3. The molecule has 0 aliphatic rings. The summed E-state index contributed by atoms with van der Waals surface area (Å²) in [6.07, 6.45) is 0. The maximum atomic E-state index is 12.6. The quantitative estimate of drug-likeness (QED) is 0.694. The molecule has 0 aliphatic carbocycles. The molecule has 0 fully saturated rings. The van der Waals surface area contributed by atoms with Crippen molar-refractivity contribution >= 4 is 16.8 Å². The number of rotatable bonds is 6. The van der Waals surface area contributed by atoms with E-state index < -0.39 is 6.04 Å². The Morgan fingerprint density at radius 1 is 1.19 bits per heavy atom. The molecule has 9 nitrogen and oxygen atoms in total. The zero-order chi connectivity index (χ0) is 18.8. The van der Waals surface area contributed by atoms with E-state index in [-0.39, 0.29) is 5.91 Å². The van der Waals surface area contributed by atoms with Crippen LogP contribution >= 0.6 is 0 Å². The van der Waals surface area contributed by atoms with Crippen molar-refractivity contribution in [3.63, 3.8) is 0 Å². The summed E-state index contributed by atoms with van der Waals surface area (Å²) < 4.78 is 21.2. The smallest absolute Gasteiger partial charge is 0.268 e. The van der Waals surface area contributed by atoms with E-state index >= 15 is 0 Å². The Balaban J connectivity index is 1.96. The monoisotopic (exact) mass is 360 g/mol. The standard InChI is InChI=1S/C17H20N4O5/c1-8(17-19-9(2)21-26-17)18-16(22)11-6-10-12(23-3)7-13(24-4)15(25-5)14(10)20-11/h6-8,20H,1-5H3,(H,18,22). The van der Waals surface area contributed by atoms with Gasteiger partial charge in [0.25, 0.3) is 5.91 Å². The molecule has 26 heavy (non-hydrogen) atoms. The van der Waals surface area contributed by atoms with E-state index in [1.807, 2.05) is 0 Å². The molecule has 9 heteroatoms. The van der Waals surface area contributed by atoms with Gasteiger partial charge in [0.1, 0.15) is 17.5 Å². The number of H-pyrrole nitrogens is 1. The molecule has 1 aromatic carbocycles. The van der Waals surface area contributed by atoms with Gasteiger partial charge in [-0.15, -0.1) is 0 Å². The zero-order valence-electron chi connectivity index (χ0n) is 15.2. The Morgan fingerprint density at radius 2 is 1.92 bits per heavy atom. The van der Waals surface area contributed by atoms with Crippen LogP contribution in [0.15, 0.2) is 16.7 Å². The predicted octanol–water partition coefficient (Wildman–Crippen LogP) is 2.38. The van der Waals surface area contributed by atoms with Crippen LogP contribution in [0.3, 0.4) is 0 Å². The summed E-state index contributed by atoms with van der Waals surface area (Å²) in [5.74, 6) is 2.07. The molecule has 0 bridgehead atoms. The highest BCUT2D eigenvalue weighted by molar-refractivity contribution is 6.02. The van der Waals surface area contributed by atoms with E-state index in [9.17, 15) is 4.79 Å². The minimum absolute atomic E-state index is 0.326. The number of hydrogen-bond donors (Lipinski definition) is 2. The average Bonchev–Trinajstić information content (AvgIpc) is 3.26. The number of nitrogens with zero attached hydrogens (tertiary/aromatic N) is 2. The zero-order valence-corrected chi connectivity index (χ0v) is 15.2. The van der Waals surface area contributed by atoms with Gasteiger partial charge in [0, 0.05) is 11.5 Å². The van der Waals surface area contributed by atoms with Crippen molar-refractivity contribution in [3.8, 4) is 17.2 Å². The lowest BCUT2D eigenvalue weighted by Gasteiger charge is -2.11. The summed E-state index contributed by atoms with van der Waals surface area (Å²) >= 11 is 0. The lowest BCUT2D eigenvalue weighted by atomic mass is 10.2. The van der Waals surface area contributed by atoms with Gasteiger partial charge < -0.3 is 29.0 Å². The minimum atomic E-state index is -0.437. The highest BCUT2D eigenvalue weighted by atomic mass is 16.5. The first-order valence-corrected chi connectivity index (χ1v) is 7.91. The molecule has 2 aromatic heterocycles. The van der Waals surface area contributed by atoms with Gasteiger partial charge in [-0.1, -0.05) is 5.16 Å². The number of benzene rings is 1. The molecule has 2 heterocycles. The Morgan fingerprint density at radius 3 is 2.50 bits per heavy atom. The summed E-state index contributed by atoms with van der Waals surface area (Å²) in [4.78, 5) is 19.8. The Bertz CT molecular complexity index is 946. The first-order chi connectivity index (χ1) is 12.5. The lowest BCUT2D eigenvalue weighted by Crippen LogP contribution is -2.27. The van der Waals surface area contributed by atoms with Crippen molar-refractivity contribution in [3.05, 3.63) is 29.5 Å². The fourth-order valence-corrected chi connectivity index (χ4v) is 2.68. The second-order valence-electron chi connectivity index (χ2n) is 5.66. The van der Waals surface area contributed by atoms with E-state index in [1.165, 1.54) is 14.2 Å². The number of amides is 1. The van der Waals surface area contributed by atoms with E-state index in [0.29, 0.717) is 45.6 Å². The second-order valence-corrected chi connectivity index (χ2v) is 5.66. The van der Waals surface area contributed by atoms with E-state index in [2.05, 4.69) is 20.4 Å². The second kappa shape index (κ2) is 6.95. The van der Waals surface area contributed by atoms with Gasteiger partial charge in [0.05, 0.1) is 26.8 Å². The highest BCUT2D eigenvalue weighted by Gasteiger charge is 2.22. The molecule has 0 saturated heterocycles. The average molecular weight is 360 g/mol. The Kier molecular flexibility index (Phi) is 4.70. The van der Waals surface area contributed by atoms with Crippen molar-refractivity contribution in [1.82, 2.24) is 20.4 Å². The molecule has 2 N–H and O–H groups in total. The van der Waals surface area contributed by atoms with Crippen LogP contribution < -0.4 is 19.5 Å². The van der Waals surface area contributed by atoms with Crippen LogP contribution in [0, 0.1) is 6.92 Å². The van der Waals surface area contributed by atoms with Crippen LogP contribution in [-0.2, 0) is 0 Å². The number of carbonyl (C=O) groups excluding carboxylic acids is 1. The van der Waals surface area contributed by atoms with Crippen molar-refractivity contribution in [1.29, 1.82) is 0 Å². The molecule has 1 atom stereocenters. The largest absolute Gasteiger partial charge is 0.496 e. The van der Waals surface area contributed by atoms with Crippen LogP contribution in [0.4, 0.5) is 0 Å². The minimum Gasteiger partial charge on any atom is -0.496 e. The first kappa shape index (κ1) is 17.6. The van der Waals surface area contributed by atoms with Gasteiger partial charge in [-0.05, 0) is 19.9 Å². The van der Waals surface area contributed by atoms with Gasteiger partial charge in [0.2, 0.25) is 5.89 Å². The number of aromatic amines is 1. The maximum Gasteiger partial charge on any atom is 0.268 e. The molecule has 3 aromatic rings. The molecule has 0 spiro atoms. The number of methoxy groups -OCH3 is 3. The lowest BCUT2D eigenvalue weighted by molar-refractivity contribution is 0.0928. The van der Waals surface area contributed by atoms with Crippen LogP contribution in [0.2, 0.25) is 0 Å². The molecule has 0 saturated carbocycles. The number of fused-ring (bicyclic) bond motifs is 1. The van der Waals surface area contributed by atoms with Gasteiger partial charge >= 0.3 is 0 Å². The predicted molar refractivity (Wildman–Crippen MR) is 92.9 cm³/mol. The van der Waals surface area contributed by atoms with Crippen LogP contribution in [0.5, 0.6) is 17.2 Å². The SMILES string of the molecule is COc1cc(OC)c2cc(C(=O)NC(C)c3nc(C)no3)[nH]c2c1OC. The van der Waals surface area contributed by atoms with E-state index in [0.717, 1.165) is 0 Å². The van der Waals surface area contributed by atoms with Crippen LogP contribution in [0.25, 0.3) is 10.9 Å². The third kappa shape index (κ3) is 3.03. The van der Waals surface area contributed by atoms with Gasteiger partial charge in [-0.25, -0.2) is 0 Å². The first-order valence-electron chi connectivity index (χ1n) is 7.91. The summed E-state index contributed by atoms with van der Waals surface area (Å²) in [6.45, 7) is 3.48. The van der Waals surface area contributed by atoms with Gasteiger partial charge in [0.15, 0.2) is 17.3 Å². The summed E-state index contributed by atoms with van der Waals surface area (Å²) in [7, 11) is 4.62. The van der Waals surface area contributed by atoms with Crippen molar-refractivity contribution in [2.45, 2.75) is 19.9 Å². The third-order valence-electron chi connectivity index (χ3n) is 3.95. The fourth-order valence-electron chi connectivity index (χ4n) is 2.68. The van der Waals surface area contributed by atoms with E-state index in [1.54, 1.807) is 33.1 Å². The number of nitrogens with one attached hydrogen (secondary N) is 2. The van der Waals surface area contributed by atoms with Crippen LogP contribution in [-0.4, -0.2) is 42.4 Å². The molecule has 1 unspecified atom stereocenters. The van der Waals surface area contributed by atoms with Crippen molar-refractivity contribution in [2.24, 2.45) is 0 Å². The van der Waals surface area contributed by atoms with Gasteiger partial charge in [-0.2, -0.15) is 4.98 Å². The van der Waals surface area contributed by atoms with E-state index in [4.69, 9.17) is 18.7 Å². The molecule has 0 radical (unpaired) electrons. The van der Waals surface area contributed by atoms with Crippen molar-refractivity contribution < 1.29 is 23.5 Å². The molecule has 0 aliphatic heterocycles. The molecule has 138 valence electrons. The molecular weight excluding hydrogens is 340 g/mol. The molecule has 1 amide bonds. The Hall–Kier alpha value is -3.23. The van der Waals surface area contributed by atoms with Gasteiger partial charge in [-0.3, -0.25) is 4.79 Å². The molecule has 3 rings (SSSR count). The summed E-state index contributed by atoms with van der Waals surface area (Å²) in [5, 5.41) is 7.24. The number of aryl methyl sites for hydroxylation is 1. The number of carbonyl (C=O) groups is 1. The van der Waals surface area contributed by atoms with Crippen molar-refractivity contribution in [2.75, 3.05) is 21.3 Å². The highest BCUT2D eigenvalue weighted by Crippen LogP contribution is 2.41. The maximum absolute atomic E-state index is 12.6. The topological polar surface area (TPSA) is 112 Å². The fraction of sp³-hybridized carbons (Fsp3) is 0.353. The number of aromatic nitrogens is 3. The van der Waals surface area contributed by atoms with Crippen LogP contribution in [0.1, 0.15) is 35.2 Å². The summed E-state index contributed by atoms with van der Waals surface area (Å²) in [6, 6.07) is 2.96.